The van der Waals surface area contributed by atoms with Crippen molar-refractivity contribution in [2.75, 3.05) is 6.61 Å². The predicted molar refractivity (Wildman–Crippen MR) is 130 cm³/mol. The van der Waals surface area contributed by atoms with E-state index in [1.54, 1.807) is 36.4 Å². The van der Waals surface area contributed by atoms with Crippen molar-refractivity contribution in [3.05, 3.63) is 101 Å². The van der Waals surface area contributed by atoms with Gasteiger partial charge < -0.3 is 14.7 Å². The van der Waals surface area contributed by atoms with Crippen LogP contribution in [0, 0.1) is 5.92 Å². The lowest BCUT2D eigenvalue weighted by atomic mass is 9.96. The zero-order chi connectivity index (χ0) is 26.7. The molecule has 6 nitrogen and oxygen atoms in total. The van der Waals surface area contributed by atoms with Crippen LogP contribution in [0.3, 0.4) is 0 Å². The lowest BCUT2D eigenvalue weighted by molar-refractivity contribution is -0.140. The van der Waals surface area contributed by atoms with Gasteiger partial charge in [-0.1, -0.05) is 44.2 Å². The molecule has 1 N–H and O–H groups in total. The summed E-state index contributed by atoms with van der Waals surface area (Å²) in [5.41, 5.74) is -0.145. The zero-order valence-electron chi connectivity index (χ0n) is 20.2. The van der Waals surface area contributed by atoms with Crippen molar-refractivity contribution in [2.45, 2.75) is 32.6 Å². The van der Waals surface area contributed by atoms with Crippen LogP contribution in [-0.4, -0.2) is 33.3 Å². The summed E-state index contributed by atoms with van der Waals surface area (Å²) in [6, 6.07) is 13.3. The Morgan fingerprint density at radius 2 is 1.84 bits per heavy atom. The molecule has 3 aromatic rings. The van der Waals surface area contributed by atoms with Gasteiger partial charge in [-0.2, -0.15) is 13.2 Å². The Balaban J connectivity index is 1.78. The predicted octanol–water partition coefficient (Wildman–Crippen LogP) is 5.76. The molecule has 1 fully saturated rings. The molecule has 9 heteroatoms. The molecule has 0 aliphatic carbocycles. The van der Waals surface area contributed by atoms with Crippen molar-refractivity contribution in [1.29, 1.82) is 0 Å². The van der Waals surface area contributed by atoms with Crippen LogP contribution in [0.5, 0.6) is 5.75 Å². The van der Waals surface area contributed by atoms with Gasteiger partial charge in [-0.25, -0.2) is 0 Å². The molecule has 1 saturated heterocycles. The van der Waals surface area contributed by atoms with E-state index in [0.717, 1.165) is 17.0 Å². The smallest absolute Gasteiger partial charge is 0.416 e. The number of hydrogen-bond donors (Lipinski definition) is 1. The summed E-state index contributed by atoms with van der Waals surface area (Å²) in [5.74, 6) is -1.53. The first-order valence-electron chi connectivity index (χ1n) is 11.6. The summed E-state index contributed by atoms with van der Waals surface area (Å²) in [6.07, 6.45) is -1.60. The number of alkyl halides is 3. The number of hydrogen-bond acceptors (Lipinski definition) is 5. The molecule has 192 valence electrons. The fraction of sp³-hybridized carbons (Fsp3) is 0.250. The van der Waals surface area contributed by atoms with Gasteiger partial charge in [0.25, 0.3) is 11.7 Å². The van der Waals surface area contributed by atoms with Gasteiger partial charge in [-0.3, -0.25) is 14.6 Å². The number of benzene rings is 2. The molecular weight excluding hydrogens is 485 g/mol. The Labute approximate surface area is 212 Å². The topological polar surface area (TPSA) is 79.7 Å². The molecule has 1 aliphatic heterocycles. The molecule has 37 heavy (non-hydrogen) atoms. The Morgan fingerprint density at radius 1 is 1.08 bits per heavy atom. The second kappa shape index (κ2) is 10.5. The molecule has 0 radical (unpaired) electrons. The standard InChI is InChI=1S/C28H25F3N2O4/c1-17(2)16-37-22-10-4-7-19(13-22)25(34)23-24(20-8-5-11-32-14-20)33(27(36)26(23)35)15-18-6-3-9-21(12-18)28(29,30)31/h3-14,17,24,34H,15-16H2,1-2H3/b25-23+. The fourth-order valence-electron chi connectivity index (χ4n) is 4.12. The number of amides is 1. The highest BCUT2D eigenvalue weighted by Gasteiger charge is 2.46. The highest BCUT2D eigenvalue weighted by Crippen LogP contribution is 2.40. The summed E-state index contributed by atoms with van der Waals surface area (Å²) < 4.78 is 45.5. The second-order valence-electron chi connectivity index (χ2n) is 9.14. The van der Waals surface area contributed by atoms with Crippen LogP contribution in [0.25, 0.3) is 5.76 Å². The lowest BCUT2D eigenvalue weighted by Crippen LogP contribution is -2.29. The van der Waals surface area contributed by atoms with Gasteiger partial charge in [0.15, 0.2) is 0 Å². The third-order valence-electron chi connectivity index (χ3n) is 5.84. The first kappa shape index (κ1) is 25.9. The van der Waals surface area contributed by atoms with E-state index in [0.29, 0.717) is 17.9 Å². The van der Waals surface area contributed by atoms with Gasteiger partial charge >= 0.3 is 6.18 Å². The highest BCUT2D eigenvalue weighted by atomic mass is 19.4. The lowest BCUT2D eigenvalue weighted by Gasteiger charge is -2.25. The first-order chi connectivity index (χ1) is 17.6. The number of aliphatic hydroxyl groups excluding tert-OH is 1. The minimum atomic E-state index is -4.56. The number of carbonyl (C=O) groups is 2. The largest absolute Gasteiger partial charge is 0.507 e. The number of likely N-dealkylation sites (tertiary alicyclic amines) is 1. The molecule has 2 aromatic carbocycles. The van der Waals surface area contributed by atoms with Crippen LogP contribution < -0.4 is 4.74 Å². The maximum Gasteiger partial charge on any atom is 0.416 e. The third kappa shape index (κ3) is 5.66. The van der Waals surface area contributed by atoms with Gasteiger partial charge in [0.05, 0.1) is 23.8 Å². The van der Waals surface area contributed by atoms with Gasteiger partial charge in [0.1, 0.15) is 11.5 Å². The van der Waals surface area contributed by atoms with Gasteiger partial charge in [-0.15, -0.1) is 0 Å². The number of rotatable bonds is 7. The minimum absolute atomic E-state index is 0.175. The molecule has 1 aliphatic rings. The summed E-state index contributed by atoms with van der Waals surface area (Å²) in [5, 5.41) is 11.2. The molecule has 1 aromatic heterocycles. The number of aromatic nitrogens is 1. The van der Waals surface area contributed by atoms with E-state index in [1.807, 2.05) is 13.8 Å². The fourth-order valence-corrected chi connectivity index (χ4v) is 4.12. The number of ketones is 1. The average Bonchev–Trinajstić information content (AvgIpc) is 3.12. The molecule has 0 bridgehead atoms. The number of nitrogens with zero attached hydrogens (tertiary/aromatic N) is 2. The summed E-state index contributed by atoms with van der Waals surface area (Å²) in [6.45, 7) is 4.15. The van der Waals surface area contributed by atoms with E-state index in [1.165, 1.54) is 24.5 Å². The Morgan fingerprint density at radius 3 is 2.51 bits per heavy atom. The van der Waals surface area contributed by atoms with E-state index in [4.69, 9.17) is 4.74 Å². The van der Waals surface area contributed by atoms with Crippen molar-refractivity contribution < 1.29 is 32.6 Å². The monoisotopic (exact) mass is 510 g/mol. The van der Waals surface area contributed by atoms with Gasteiger partial charge in [0, 0.05) is 24.5 Å². The van der Waals surface area contributed by atoms with Crippen molar-refractivity contribution in [2.24, 2.45) is 5.92 Å². The van der Waals surface area contributed by atoms with E-state index >= 15 is 0 Å². The number of aliphatic hydroxyl groups is 1. The number of ether oxygens (including phenoxy) is 1. The maximum absolute atomic E-state index is 13.3. The first-order valence-corrected chi connectivity index (χ1v) is 11.6. The van der Waals surface area contributed by atoms with Crippen LogP contribution in [-0.2, 0) is 22.3 Å². The zero-order valence-corrected chi connectivity index (χ0v) is 20.2. The van der Waals surface area contributed by atoms with Crippen LogP contribution in [0.4, 0.5) is 13.2 Å². The molecule has 1 atom stereocenters. The van der Waals surface area contributed by atoms with E-state index in [-0.39, 0.29) is 29.2 Å². The quantitative estimate of drug-likeness (QED) is 0.249. The number of Topliss-reactive ketones (excluding diaryl/α,β-unsaturated/α-hetero) is 1. The van der Waals surface area contributed by atoms with Crippen LogP contribution in [0.1, 0.15) is 42.1 Å². The van der Waals surface area contributed by atoms with Crippen LogP contribution in [0.15, 0.2) is 78.6 Å². The van der Waals surface area contributed by atoms with E-state index < -0.39 is 35.2 Å². The Kier molecular flexibility index (Phi) is 7.33. The van der Waals surface area contributed by atoms with E-state index in [2.05, 4.69) is 4.98 Å². The highest BCUT2D eigenvalue weighted by molar-refractivity contribution is 6.46. The molecule has 1 amide bonds. The summed E-state index contributed by atoms with van der Waals surface area (Å²) in [4.78, 5) is 31.5. The minimum Gasteiger partial charge on any atom is -0.507 e. The van der Waals surface area contributed by atoms with Crippen molar-refractivity contribution >= 4 is 17.4 Å². The number of pyridine rings is 1. The summed E-state index contributed by atoms with van der Waals surface area (Å²) >= 11 is 0. The molecule has 0 spiro atoms. The van der Waals surface area contributed by atoms with Crippen molar-refractivity contribution in [1.82, 2.24) is 9.88 Å². The average molecular weight is 511 g/mol. The van der Waals surface area contributed by atoms with Gasteiger partial charge in [0.2, 0.25) is 0 Å². The normalized spacial score (nSPS) is 17.5. The van der Waals surface area contributed by atoms with Gasteiger partial charge in [-0.05, 0) is 47.4 Å². The Bertz CT molecular complexity index is 1340. The molecule has 2 heterocycles. The van der Waals surface area contributed by atoms with Crippen molar-refractivity contribution in [3.8, 4) is 5.75 Å². The maximum atomic E-state index is 13.3. The Hall–Kier alpha value is -4.14. The molecule has 4 rings (SSSR count). The van der Waals surface area contributed by atoms with Crippen molar-refractivity contribution in [3.63, 3.8) is 0 Å². The SMILES string of the molecule is CC(C)COc1cccc(/C(O)=C2\C(=O)C(=O)N(Cc3cccc(C(F)(F)F)c3)C2c2cccnc2)c1. The summed E-state index contributed by atoms with van der Waals surface area (Å²) in [7, 11) is 0. The number of halogens is 3. The molecular formula is C28H25F3N2O4. The number of carbonyl (C=O) groups excluding carboxylic acids is 2. The second-order valence-corrected chi connectivity index (χ2v) is 9.14. The molecule has 0 saturated carbocycles. The van der Waals surface area contributed by atoms with Crippen LogP contribution >= 0.6 is 0 Å². The van der Waals surface area contributed by atoms with Crippen LogP contribution in [0.2, 0.25) is 0 Å². The molecule has 1 unspecified atom stereocenters. The third-order valence-corrected chi connectivity index (χ3v) is 5.84. The van der Waals surface area contributed by atoms with E-state index in [9.17, 15) is 27.9 Å².